The predicted octanol–water partition coefficient (Wildman–Crippen LogP) is 1.45. The molecule has 94 valence electrons. The lowest BCUT2D eigenvalue weighted by Crippen LogP contribution is -2.32. The van der Waals surface area contributed by atoms with Crippen molar-refractivity contribution in [2.75, 3.05) is 18.8 Å². The van der Waals surface area contributed by atoms with E-state index in [1.165, 1.54) is 6.42 Å². The zero-order valence-corrected chi connectivity index (χ0v) is 10.2. The van der Waals surface area contributed by atoms with Crippen molar-refractivity contribution in [1.82, 2.24) is 20.3 Å². The van der Waals surface area contributed by atoms with Gasteiger partial charge in [-0.2, -0.15) is 0 Å². The number of piperidine rings is 1. The third-order valence-electron chi connectivity index (χ3n) is 3.37. The Bertz CT molecular complexity index is 528. The highest BCUT2D eigenvalue weighted by molar-refractivity contribution is 5.63. The number of rotatable bonds is 2. The average molecular weight is 243 g/mol. The standard InChI is InChI=1S/C13H17N5/c14-11-4-1-3-10(7-11)13-9-16-17-18(13)12-5-2-6-15-8-12/h1,3-4,7,9,12,15H,2,5-6,8,14H2. The molecule has 1 aliphatic heterocycles. The van der Waals surface area contributed by atoms with Crippen LogP contribution in [0.15, 0.2) is 30.5 Å². The Balaban J connectivity index is 1.95. The van der Waals surface area contributed by atoms with Crippen molar-refractivity contribution in [1.29, 1.82) is 0 Å². The van der Waals surface area contributed by atoms with E-state index in [0.29, 0.717) is 6.04 Å². The fourth-order valence-corrected chi connectivity index (χ4v) is 2.46. The van der Waals surface area contributed by atoms with E-state index >= 15 is 0 Å². The van der Waals surface area contributed by atoms with E-state index in [0.717, 1.165) is 36.5 Å². The number of anilines is 1. The number of nitrogen functional groups attached to an aromatic ring is 1. The molecule has 3 rings (SSSR count). The Morgan fingerprint density at radius 3 is 3.11 bits per heavy atom. The van der Waals surface area contributed by atoms with Crippen LogP contribution in [-0.4, -0.2) is 28.1 Å². The van der Waals surface area contributed by atoms with E-state index in [2.05, 4.69) is 15.6 Å². The number of benzene rings is 1. The lowest BCUT2D eigenvalue weighted by molar-refractivity contribution is 0.344. The van der Waals surface area contributed by atoms with Gasteiger partial charge in [0.25, 0.3) is 0 Å². The summed E-state index contributed by atoms with van der Waals surface area (Å²) in [5, 5.41) is 11.7. The fourth-order valence-electron chi connectivity index (χ4n) is 2.46. The molecule has 1 saturated heterocycles. The van der Waals surface area contributed by atoms with E-state index in [1.807, 2.05) is 35.1 Å². The van der Waals surface area contributed by atoms with Gasteiger partial charge in [0.15, 0.2) is 0 Å². The Hall–Kier alpha value is -1.88. The Morgan fingerprint density at radius 1 is 1.39 bits per heavy atom. The van der Waals surface area contributed by atoms with E-state index in [9.17, 15) is 0 Å². The highest BCUT2D eigenvalue weighted by Gasteiger charge is 2.19. The van der Waals surface area contributed by atoms with Gasteiger partial charge in [-0.15, -0.1) is 5.10 Å². The van der Waals surface area contributed by atoms with Gasteiger partial charge in [0.05, 0.1) is 17.9 Å². The summed E-state index contributed by atoms with van der Waals surface area (Å²) in [4.78, 5) is 0. The molecule has 3 N–H and O–H groups in total. The maximum absolute atomic E-state index is 5.83. The summed E-state index contributed by atoms with van der Waals surface area (Å²) in [5.74, 6) is 0. The Labute approximate surface area is 106 Å². The number of hydrogen-bond donors (Lipinski definition) is 2. The first-order valence-corrected chi connectivity index (χ1v) is 6.31. The second-order valence-corrected chi connectivity index (χ2v) is 4.69. The van der Waals surface area contributed by atoms with Gasteiger partial charge in [-0.3, -0.25) is 0 Å². The van der Waals surface area contributed by atoms with Gasteiger partial charge in [-0.05, 0) is 31.5 Å². The molecular weight excluding hydrogens is 226 g/mol. The van der Waals surface area contributed by atoms with Crippen molar-refractivity contribution in [3.63, 3.8) is 0 Å². The van der Waals surface area contributed by atoms with Crippen LogP contribution in [0.4, 0.5) is 5.69 Å². The minimum absolute atomic E-state index is 0.387. The second kappa shape index (κ2) is 4.78. The molecular formula is C13H17N5. The maximum atomic E-state index is 5.83. The minimum atomic E-state index is 0.387. The second-order valence-electron chi connectivity index (χ2n) is 4.69. The molecule has 18 heavy (non-hydrogen) atoms. The van der Waals surface area contributed by atoms with Crippen LogP contribution in [-0.2, 0) is 0 Å². The summed E-state index contributed by atoms with van der Waals surface area (Å²) in [6.07, 6.45) is 4.13. The van der Waals surface area contributed by atoms with Gasteiger partial charge >= 0.3 is 0 Å². The molecule has 5 heteroatoms. The Morgan fingerprint density at radius 2 is 2.33 bits per heavy atom. The lowest BCUT2D eigenvalue weighted by atomic mass is 10.1. The smallest absolute Gasteiger partial charge is 0.0890 e. The van der Waals surface area contributed by atoms with Gasteiger partial charge in [-0.1, -0.05) is 17.3 Å². The molecule has 1 aromatic heterocycles. The first-order chi connectivity index (χ1) is 8.84. The fraction of sp³-hybridized carbons (Fsp3) is 0.385. The molecule has 0 saturated carbocycles. The van der Waals surface area contributed by atoms with Crippen LogP contribution >= 0.6 is 0 Å². The topological polar surface area (TPSA) is 68.8 Å². The summed E-state index contributed by atoms with van der Waals surface area (Å²) in [5.41, 5.74) is 8.71. The number of nitrogens with zero attached hydrogens (tertiary/aromatic N) is 3. The quantitative estimate of drug-likeness (QED) is 0.783. The number of aromatic nitrogens is 3. The minimum Gasteiger partial charge on any atom is -0.399 e. The van der Waals surface area contributed by atoms with Crippen LogP contribution in [0.1, 0.15) is 18.9 Å². The SMILES string of the molecule is Nc1cccc(-c2cnnn2C2CCCNC2)c1. The van der Waals surface area contributed by atoms with Crippen LogP contribution in [0.25, 0.3) is 11.3 Å². The molecule has 1 aromatic carbocycles. The van der Waals surface area contributed by atoms with Crippen LogP contribution in [0.5, 0.6) is 0 Å². The van der Waals surface area contributed by atoms with Gasteiger partial charge < -0.3 is 11.1 Å². The van der Waals surface area contributed by atoms with Gasteiger partial charge in [-0.25, -0.2) is 4.68 Å². The van der Waals surface area contributed by atoms with Crippen molar-refractivity contribution < 1.29 is 0 Å². The molecule has 2 aromatic rings. The monoisotopic (exact) mass is 243 g/mol. The molecule has 1 aliphatic rings. The molecule has 2 heterocycles. The molecule has 0 spiro atoms. The van der Waals surface area contributed by atoms with Crippen LogP contribution in [0, 0.1) is 0 Å². The molecule has 1 atom stereocenters. The molecule has 0 bridgehead atoms. The third kappa shape index (κ3) is 2.09. The van der Waals surface area contributed by atoms with Crippen molar-refractivity contribution in [2.45, 2.75) is 18.9 Å². The third-order valence-corrected chi connectivity index (χ3v) is 3.37. The highest BCUT2D eigenvalue weighted by Crippen LogP contribution is 2.25. The molecule has 5 nitrogen and oxygen atoms in total. The predicted molar refractivity (Wildman–Crippen MR) is 71.0 cm³/mol. The van der Waals surface area contributed by atoms with Crippen molar-refractivity contribution in [2.24, 2.45) is 0 Å². The first kappa shape index (κ1) is 11.2. The number of hydrogen-bond acceptors (Lipinski definition) is 4. The highest BCUT2D eigenvalue weighted by atomic mass is 15.4. The summed E-state index contributed by atoms with van der Waals surface area (Å²) in [7, 11) is 0. The van der Waals surface area contributed by atoms with E-state index in [4.69, 9.17) is 5.73 Å². The zero-order chi connectivity index (χ0) is 12.4. The normalized spacial score (nSPS) is 19.9. The molecule has 0 radical (unpaired) electrons. The van der Waals surface area contributed by atoms with Crippen LogP contribution in [0.2, 0.25) is 0 Å². The van der Waals surface area contributed by atoms with Crippen LogP contribution < -0.4 is 11.1 Å². The van der Waals surface area contributed by atoms with E-state index in [-0.39, 0.29) is 0 Å². The summed E-state index contributed by atoms with van der Waals surface area (Å²) in [6, 6.07) is 8.24. The van der Waals surface area contributed by atoms with E-state index < -0.39 is 0 Å². The van der Waals surface area contributed by atoms with Crippen LogP contribution in [0.3, 0.4) is 0 Å². The van der Waals surface area contributed by atoms with Gasteiger partial charge in [0.1, 0.15) is 0 Å². The maximum Gasteiger partial charge on any atom is 0.0890 e. The molecule has 1 fully saturated rings. The molecule has 0 amide bonds. The van der Waals surface area contributed by atoms with Crippen molar-refractivity contribution in [3.05, 3.63) is 30.5 Å². The largest absolute Gasteiger partial charge is 0.399 e. The Kier molecular flexibility index (Phi) is 2.98. The first-order valence-electron chi connectivity index (χ1n) is 6.31. The van der Waals surface area contributed by atoms with Crippen molar-refractivity contribution in [3.8, 4) is 11.3 Å². The number of nitrogens with two attached hydrogens (primary N) is 1. The number of nitrogens with one attached hydrogen (secondary N) is 1. The summed E-state index contributed by atoms with van der Waals surface area (Å²) < 4.78 is 2.01. The van der Waals surface area contributed by atoms with Crippen molar-refractivity contribution >= 4 is 5.69 Å². The molecule has 1 unspecified atom stereocenters. The van der Waals surface area contributed by atoms with E-state index in [1.54, 1.807) is 0 Å². The average Bonchev–Trinajstić information content (AvgIpc) is 2.89. The lowest BCUT2D eigenvalue weighted by Gasteiger charge is -2.24. The zero-order valence-electron chi connectivity index (χ0n) is 10.2. The summed E-state index contributed by atoms with van der Waals surface area (Å²) >= 11 is 0. The van der Waals surface area contributed by atoms with Gasteiger partial charge in [0, 0.05) is 17.8 Å². The summed E-state index contributed by atoms with van der Waals surface area (Å²) in [6.45, 7) is 2.05. The van der Waals surface area contributed by atoms with Gasteiger partial charge in [0.2, 0.25) is 0 Å². The molecule has 0 aliphatic carbocycles.